The maximum absolute atomic E-state index is 10.7. The molecule has 0 aliphatic carbocycles. The molecule has 0 amide bonds. The summed E-state index contributed by atoms with van der Waals surface area (Å²) in [6.45, 7) is 3.01. The molecule has 3 aromatic carbocycles. The molecule has 3 aromatic rings. The van der Waals surface area contributed by atoms with Crippen molar-refractivity contribution in [2.45, 2.75) is 25.2 Å². The van der Waals surface area contributed by atoms with E-state index in [0.29, 0.717) is 13.1 Å². The number of hydrogen-bond acceptors (Lipinski definition) is 3. The molecule has 0 saturated carbocycles. The van der Waals surface area contributed by atoms with Crippen molar-refractivity contribution >= 4 is 0 Å². The van der Waals surface area contributed by atoms with E-state index in [2.05, 4.69) is 24.0 Å². The Morgan fingerprint density at radius 2 is 0.926 bits per heavy atom. The predicted octanol–water partition coefficient (Wildman–Crippen LogP) is 4.52. The molecule has 3 atom stereocenters. The van der Waals surface area contributed by atoms with Crippen LogP contribution in [0.15, 0.2) is 91.0 Å². The number of hydrogen-bond donors (Lipinski definition) is 2. The van der Waals surface area contributed by atoms with E-state index in [1.807, 2.05) is 78.9 Å². The summed E-state index contributed by atoms with van der Waals surface area (Å²) in [4.78, 5) is 2.14. The van der Waals surface area contributed by atoms with Gasteiger partial charge in [-0.2, -0.15) is 0 Å². The number of aliphatic hydroxyl groups is 2. The lowest BCUT2D eigenvalue weighted by Crippen LogP contribution is -2.35. The van der Waals surface area contributed by atoms with Gasteiger partial charge in [-0.1, -0.05) is 91.0 Å². The average molecular weight is 361 g/mol. The quantitative estimate of drug-likeness (QED) is 0.620. The largest absolute Gasteiger partial charge is 0.387 e. The summed E-state index contributed by atoms with van der Waals surface area (Å²) in [7, 11) is 0. The van der Waals surface area contributed by atoms with Crippen molar-refractivity contribution in [3.8, 4) is 0 Å². The zero-order valence-electron chi connectivity index (χ0n) is 15.6. The number of benzene rings is 3. The van der Waals surface area contributed by atoms with Crippen molar-refractivity contribution < 1.29 is 10.2 Å². The van der Waals surface area contributed by atoms with Crippen LogP contribution in [0.4, 0.5) is 0 Å². The van der Waals surface area contributed by atoms with Crippen LogP contribution in [0, 0.1) is 0 Å². The second kappa shape index (κ2) is 9.47. The summed E-state index contributed by atoms with van der Waals surface area (Å²) in [6.07, 6.45) is -1.22. The third kappa shape index (κ3) is 5.27. The van der Waals surface area contributed by atoms with Gasteiger partial charge in [0.1, 0.15) is 0 Å². The fraction of sp³-hybridized carbons (Fsp3) is 0.250. The van der Waals surface area contributed by atoms with Crippen LogP contribution in [-0.2, 0) is 0 Å². The van der Waals surface area contributed by atoms with Crippen LogP contribution in [0.1, 0.15) is 41.9 Å². The average Bonchev–Trinajstić information content (AvgIpc) is 2.74. The number of aliphatic hydroxyl groups excluding tert-OH is 2. The van der Waals surface area contributed by atoms with Gasteiger partial charge in [0.25, 0.3) is 0 Å². The molecular weight excluding hydrogens is 334 g/mol. The topological polar surface area (TPSA) is 43.7 Å². The molecule has 0 radical (unpaired) electrons. The fourth-order valence-corrected chi connectivity index (χ4v) is 3.34. The van der Waals surface area contributed by atoms with Gasteiger partial charge in [0.2, 0.25) is 0 Å². The molecule has 0 heterocycles. The molecule has 3 heteroatoms. The second-order valence-electron chi connectivity index (χ2n) is 6.89. The van der Waals surface area contributed by atoms with Crippen molar-refractivity contribution in [1.82, 2.24) is 4.90 Å². The summed E-state index contributed by atoms with van der Waals surface area (Å²) >= 11 is 0. The van der Waals surface area contributed by atoms with E-state index in [0.717, 1.165) is 16.7 Å². The highest BCUT2D eigenvalue weighted by Gasteiger charge is 2.23. The van der Waals surface area contributed by atoms with Gasteiger partial charge in [-0.05, 0) is 23.6 Å². The zero-order chi connectivity index (χ0) is 19.1. The standard InChI is InChI=1S/C24H27NO2/c1-19(20-11-5-2-6-12-20)25(17-23(26)21-13-7-3-8-14-21)18-24(27)22-15-9-4-10-16-22/h2-16,19,23-24,26-27H,17-18H2,1H3/t19-,23+,24+/m1/s1. The monoisotopic (exact) mass is 361 g/mol. The molecule has 0 fully saturated rings. The maximum atomic E-state index is 10.7. The van der Waals surface area contributed by atoms with Crippen molar-refractivity contribution in [2.75, 3.05) is 13.1 Å². The molecule has 3 nitrogen and oxygen atoms in total. The molecule has 27 heavy (non-hydrogen) atoms. The van der Waals surface area contributed by atoms with Crippen molar-refractivity contribution in [2.24, 2.45) is 0 Å². The molecule has 0 aliphatic rings. The third-order valence-electron chi connectivity index (χ3n) is 5.01. The van der Waals surface area contributed by atoms with Crippen LogP contribution in [0.2, 0.25) is 0 Å². The molecule has 0 spiro atoms. The Morgan fingerprint density at radius 3 is 1.30 bits per heavy atom. The first-order valence-electron chi connectivity index (χ1n) is 9.40. The van der Waals surface area contributed by atoms with Gasteiger partial charge in [0.15, 0.2) is 0 Å². The fourth-order valence-electron chi connectivity index (χ4n) is 3.34. The smallest absolute Gasteiger partial charge is 0.0917 e. The Morgan fingerprint density at radius 1 is 0.593 bits per heavy atom. The van der Waals surface area contributed by atoms with Crippen LogP contribution in [-0.4, -0.2) is 28.2 Å². The third-order valence-corrected chi connectivity index (χ3v) is 5.01. The van der Waals surface area contributed by atoms with Gasteiger partial charge in [0.05, 0.1) is 12.2 Å². The highest BCUT2D eigenvalue weighted by molar-refractivity contribution is 5.21. The summed E-state index contributed by atoms with van der Waals surface area (Å²) in [5.41, 5.74) is 2.94. The Bertz CT molecular complexity index is 745. The lowest BCUT2D eigenvalue weighted by atomic mass is 10.0. The second-order valence-corrected chi connectivity index (χ2v) is 6.89. The highest BCUT2D eigenvalue weighted by atomic mass is 16.3. The lowest BCUT2D eigenvalue weighted by Gasteiger charge is -2.33. The van der Waals surface area contributed by atoms with Gasteiger partial charge in [-0.3, -0.25) is 4.90 Å². The molecule has 0 saturated heterocycles. The first kappa shape index (κ1) is 19.3. The zero-order valence-corrected chi connectivity index (χ0v) is 15.6. The summed E-state index contributed by atoms with van der Waals surface area (Å²) in [5.74, 6) is 0. The highest BCUT2D eigenvalue weighted by Crippen LogP contribution is 2.26. The van der Waals surface area contributed by atoms with E-state index in [-0.39, 0.29) is 6.04 Å². The van der Waals surface area contributed by atoms with Crippen LogP contribution in [0.25, 0.3) is 0 Å². The maximum Gasteiger partial charge on any atom is 0.0917 e. The Labute approximate surface area is 161 Å². The summed E-state index contributed by atoms with van der Waals surface area (Å²) in [6, 6.07) is 29.6. The molecule has 0 aliphatic heterocycles. The van der Waals surface area contributed by atoms with E-state index in [4.69, 9.17) is 0 Å². The van der Waals surface area contributed by atoms with Gasteiger partial charge < -0.3 is 10.2 Å². The van der Waals surface area contributed by atoms with E-state index < -0.39 is 12.2 Å². The minimum Gasteiger partial charge on any atom is -0.387 e. The molecule has 2 N–H and O–H groups in total. The molecule has 0 bridgehead atoms. The Kier molecular flexibility index (Phi) is 6.77. The van der Waals surface area contributed by atoms with E-state index >= 15 is 0 Å². The SMILES string of the molecule is C[C@H](c1ccccc1)N(C[C@H](O)c1ccccc1)C[C@H](O)c1ccccc1. The van der Waals surface area contributed by atoms with E-state index in [1.165, 1.54) is 0 Å². The van der Waals surface area contributed by atoms with Gasteiger partial charge in [-0.25, -0.2) is 0 Å². The van der Waals surface area contributed by atoms with Crippen LogP contribution in [0.3, 0.4) is 0 Å². The normalized spacial score (nSPS) is 14.7. The lowest BCUT2D eigenvalue weighted by molar-refractivity contribution is 0.0477. The predicted molar refractivity (Wildman–Crippen MR) is 109 cm³/mol. The Balaban J connectivity index is 1.79. The molecular formula is C24H27NO2. The molecule has 3 rings (SSSR count). The summed E-state index contributed by atoms with van der Waals surface area (Å²) < 4.78 is 0. The van der Waals surface area contributed by atoms with Crippen molar-refractivity contribution in [3.05, 3.63) is 108 Å². The molecule has 140 valence electrons. The minimum atomic E-state index is -0.611. The van der Waals surface area contributed by atoms with Crippen LogP contribution in [0.5, 0.6) is 0 Å². The van der Waals surface area contributed by atoms with E-state index in [1.54, 1.807) is 0 Å². The molecule has 0 unspecified atom stereocenters. The van der Waals surface area contributed by atoms with Crippen molar-refractivity contribution in [1.29, 1.82) is 0 Å². The first-order chi connectivity index (χ1) is 13.1. The number of rotatable bonds is 8. The van der Waals surface area contributed by atoms with E-state index in [9.17, 15) is 10.2 Å². The van der Waals surface area contributed by atoms with Gasteiger partial charge >= 0.3 is 0 Å². The summed E-state index contributed by atoms with van der Waals surface area (Å²) in [5, 5.41) is 21.5. The van der Waals surface area contributed by atoms with Crippen LogP contribution < -0.4 is 0 Å². The minimum absolute atomic E-state index is 0.0722. The first-order valence-corrected chi connectivity index (χ1v) is 9.40. The number of nitrogens with zero attached hydrogens (tertiary/aromatic N) is 1. The Hall–Kier alpha value is -2.46. The van der Waals surface area contributed by atoms with Gasteiger partial charge in [0, 0.05) is 19.1 Å². The van der Waals surface area contributed by atoms with Gasteiger partial charge in [-0.15, -0.1) is 0 Å². The molecule has 0 aromatic heterocycles. The van der Waals surface area contributed by atoms with Crippen LogP contribution >= 0.6 is 0 Å². The van der Waals surface area contributed by atoms with Crippen molar-refractivity contribution in [3.63, 3.8) is 0 Å².